The highest BCUT2D eigenvalue weighted by molar-refractivity contribution is 7.92. The van der Waals surface area contributed by atoms with E-state index < -0.39 is 26.0 Å². The third-order valence-corrected chi connectivity index (χ3v) is 6.59. The Bertz CT molecular complexity index is 1370. The van der Waals surface area contributed by atoms with Gasteiger partial charge in [0.2, 0.25) is 10.0 Å². The molecule has 0 saturated carbocycles. The summed E-state index contributed by atoms with van der Waals surface area (Å²) in [7, 11) is -7.22. The maximum absolute atomic E-state index is 12.8. The van der Waals surface area contributed by atoms with E-state index in [1.54, 1.807) is 49.4 Å². The average molecular weight is 474 g/mol. The molecule has 0 aliphatic heterocycles. The maximum Gasteiger partial charge on any atom is 0.262 e. The first-order chi connectivity index (χ1) is 14.9. The van der Waals surface area contributed by atoms with Gasteiger partial charge in [0.1, 0.15) is 0 Å². The quantitative estimate of drug-likeness (QED) is 0.483. The zero-order chi connectivity index (χ0) is 23.5. The van der Waals surface area contributed by atoms with Crippen LogP contribution in [-0.2, 0) is 20.0 Å². The van der Waals surface area contributed by atoms with Crippen molar-refractivity contribution >= 4 is 43.0 Å². The van der Waals surface area contributed by atoms with E-state index in [1.165, 1.54) is 18.2 Å². The minimum Gasteiger partial charge on any atom is -0.322 e. The third-order valence-electron chi connectivity index (χ3n) is 4.46. The molecule has 0 spiro atoms. The smallest absolute Gasteiger partial charge is 0.262 e. The lowest BCUT2D eigenvalue weighted by molar-refractivity contribution is 0.102. The topological polar surface area (TPSA) is 121 Å². The van der Waals surface area contributed by atoms with E-state index in [1.807, 2.05) is 13.0 Å². The SMILES string of the molecule is Cc1ccc(C)c(S(=O)(=O)Nc2cccc(C(=O)Nc3ccc(NS(C)(=O)=O)cc3)c2)c1. The number of sulfonamides is 2. The van der Waals surface area contributed by atoms with Crippen molar-refractivity contribution in [3.63, 3.8) is 0 Å². The molecule has 0 aromatic heterocycles. The summed E-state index contributed by atoms with van der Waals surface area (Å²) >= 11 is 0. The second-order valence-corrected chi connectivity index (χ2v) is 10.8. The van der Waals surface area contributed by atoms with E-state index in [0.29, 0.717) is 16.9 Å². The molecule has 0 saturated heterocycles. The number of aryl methyl sites for hydroxylation is 2. The fourth-order valence-electron chi connectivity index (χ4n) is 2.97. The fraction of sp³-hybridized carbons (Fsp3) is 0.136. The van der Waals surface area contributed by atoms with Crippen molar-refractivity contribution < 1.29 is 21.6 Å². The number of carbonyl (C=O) groups excluding carboxylic acids is 1. The van der Waals surface area contributed by atoms with E-state index in [9.17, 15) is 21.6 Å². The Kier molecular flexibility index (Phi) is 6.56. The van der Waals surface area contributed by atoms with Crippen molar-refractivity contribution in [2.75, 3.05) is 21.0 Å². The minimum atomic E-state index is -3.83. The summed E-state index contributed by atoms with van der Waals surface area (Å²) in [6, 6.07) is 17.5. The largest absolute Gasteiger partial charge is 0.322 e. The van der Waals surface area contributed by atoms with Crippen LogP contribution >= 0.6 is 0 Å². The molecule has 1 amide bonds. The van der Waals surface area contributed by atoms with Gasteiger partial charge in [-0.1, -0.05) is 18.2 Å². The molecule has 10 heteroatoms. The van der Waals surface area contributed by atoms with Crippen LogP contribution in [0.1, 0.15) is 21.5 Å². The number of carbonyl (C=O) groups is 1. The van der Waals surface area contributed by atoms with Gasteiger partial charge >= 0.3 is 0 Å². The number of nitrogens with one attached hydrogen (secondary N) is 3. The number of benzene rings is 3. The second kappa shape index (κ2) is 9.01. The molecular formula is C22H23N3O5S2. The lowest BCUT2D eigenvalue weighted by Gasteiger charge is -2.12. The summed E-state index contributed by atoms with van der Waals surface area (Å²) in [6.07, 6.45) is 1.05. The molecule has 0 bridgehead atoms. The normalized spacial score (nSPS) is 11.6. The third kappa shape index (κ3) is 6.08. The fourth-order valence-corrected chi connectivity index (χ4v) is 4.91. The lowest BCUT2D eigenvalue weighted by atomic mass is 10.2. The van der Waals surface area contributed by atoms with Crippen LogP contribution in [0.5, 0.6) is 0 Å². The van der Waals surface area contributed by atoms with Crippen LogP contribution in [0.25, 0.3) is 0 Å². The van der Waals surface area contributed by atoms with E-state index in [4.69, 9.17) is 0 Å². The Hall–Kier alpha value is -3.37. The van der Waals surface area contributed by atoms with Crippen LogP contribution in [0.15, 0.2) is 71.6 Å². The van der Waals surface area contributed by atoms with Crippen LogP contribution in [0.4, 0.5) is 17.1 Å². The van der Waals surface area contributed by atoms with E-state index in [0.717, 1.165) is 11.8 Å². The van der Waals surface area contributed by atoms with Crippen molar-refractivity contribution in [1.82, 2.24) is 0 Å². The van der Waals surface area contributed by atoms with E-state index in [2.05, 4.69) is 14.8 Å². The molecular weight excluding hydrogens is 450 g/mol. The van der Waals surface area contributed by atoms with Gasteiger partial charge in [0.15, 0.2) is 0 Å². The number of rotatable bonds is 7. The highest BCUT2D eigenvalue weighted by Crippen LogP contribution is 2.22. The zero-order valence-corrected chi connectivity index (χ0v) is 19.3. The first-order valence-electron chi connectivity index (χ1n) is 9.52. The van der Waals surface area contributed by atoms with Crippen LogP contribution < -0.4 is 14.8 Å². The van der Waals surface area contributed by atoms with Crippen LogP contribution in [0.2, 0.25) is 0 Å². The monoisotopic (exact) mass is 473 g/mol. The van der Waals surface area contributed by atoms with Gasteiger partial charge in [-0.05, 0) is 73.5 Å². The summed E-state index contributed by atoms with van der Waals surface area (Å²) in [5, 5.41) is 2.69. The Morgan fingerprint density at radius 3 is 2.06 bits per heavy atom. The van der Waals surface area contributed by atoms with Crippen LogP contribution in [-0.4, -0.2) is 29.0 Å². The van der Waals surface area contributed by atoms with Gasteiger partial charge in [0.25, 0.3) is 15.9 Å². The van der Waals surface area contributed by atoms with Gasteiger partial charge in [0, 0.05) is 22.6 Å². The molecule has 168 valence electrons. The Morgan fingerprint density at radius 2 is 1.41 bits per heavy atom. The van der Waals surface area contributed by atoms with Gasteiger partial charge in [-0.2, -0.15) is 0 Å². The Morgan fingerprint density at radius 1 is 0.750 bits per heavy atom. The molecule has 0 heterocycles. The maximum atomic E-state index is 12.8. The lowest BCUT2D eigenvalue weighted by Crippen LogP contribution is -2.16. The van der Waals surface area contributed by atoms with Gasteiger partial charge in [-0.3, -0.25) is 14.2 Å². The molecule has 3 aromatic rings. The molecule has 32 heavy (non-hydrogen) atoms. The first-order valence-corrected chi connectivity index (χ1v) is 12.9. The van der Waals surface area contributed by atoms with E-state index in [-0.39, 0.29) is 16.1 Å². The number of hydrogen-bond acceptors (Lipinski definition) is 5. The number of hydrogen-bond donors (Lipinski definition) is 3. The minimum absolute atomic E-state index is 0.176. The van der Waals surface area contributed by atoms with Crippen molar-refractivity contribution in [2.24, 2.45) is 0 Å². The zero-order valence-electron chi connectivity index (χ0n) is 17.7. The predicted octanol–water partition coefficient (Wildman–Crippen LogP) is 3.73. The molecule has 0 fully saturated rings. The Balaban J connectivity index is 1.75. The molecule has 3 rings (SSSR count). The summed E-state index contributed by atoms with van der Waals surface area (Å²) in [5.41, 5.74) is 2.77. The Labute approximate surface area is 187 Å². The summed E-state index contributed by atoms with van der Waals surface area (Å²) in [6.45, 7) is 3.53. The summed E-state index contributed by atoms with van der Waals surface area (Å²) in [4.78, 5) is 12.8. The van der Waals surface area contributed by atoms with E-state index >= 15 is 0 Å². The average Bonchev–Trinajstić information content (AvgIpc) is 2.70. The molecule has 0 unspecified atom stereocenters. The molecule has 3 aromatic carbocycles. The number of anilines is 3. The first kappa shape index (κ1) is 23.3. The molecule has 0 aliphatic carbocycles. The van der Waals surface area contributed by atoms with Crippen LogP contribution in [0.3, 0.4) is 0 Å². The van der Waals surface area contributed by atoms with Gasteiger partial charge < -0.3 is 5.32 Å². The molecule has 3 N–H and O–H groups in total. The molecule has 8 nitrogen and oxygen atoms in total. The van der Waals surface area contributed by atoms with Crippen molar-refractivity contribution in [1.29, 1.82) is 0 Å². The standard InChI is InChI=1S/C22H23N3O5S2/c1-15-7-8-16(2)21(13-15)32(29,30)25-20-6-4-5-17(14-20)22(26)23-18-9-11-19(12-10-18)24-31(3,27)28/h4-14,24-25H,1-3H3,(H,23,26). The molecule has 0 aliphatic rings. The second-order valence-electron chi connectivity index (χ2n) is 7.36. The summed E-state index contributed by atoms with van der Waals surface area (Å²) in [5.74, 6) is -0.443. The molecule has 0 atom stereocenters. The highest BCUT2D eigenvalue weighted by atomic mass is 32.2. The highest BCUT2D eigenvalue weighted by Gasteiger charge is 2.18. The van der Waals surface area contributed by atoms with Crippen molar-refractivity contribution in [3.8, 4) is 0 Å². The predicted molar refractivity (Wildman–Crippen MR) is 126 cm³/mol. The molecule has 0 radical (unpaired) electrons. The van der Waals surface area contributed by atoms with Gasteiger partial charge in [-0.15, -0.1) is 0 Å². The van der Waals surface area contributed by atoms with Gasteiger partial charge in [0.05, 0.1) is 11.2 Å². The summed E-state index contributed by atoms with van der Waals surface area (Å²) < 4.78 is 53.0. The number of amides is 1. The van der Waals surface area contributed by atoms with Crippen molar-refractivity contribution in [3.05, 3.63) is 83.4 Å². The van der Waals surface area contributed by atoms with Gasteiger partial charge in [-0.25, -0.2) is 16.8 Å². The van der Waals surface area contributed by atoms with Crippen molar-refractivity contribution in [2.45, 2.75) is 18.7 Å². The van der Waals surface area contributed by atoms with Crippen LogP contribution in [0, 0.1) is 13.8 Å².